The van der Waals surface area contributed by atoms with Gasteiger partial charge < -0.3 is 4.90 Å². The smallest absolute Gasteiger partial charge is 0.241 e. The van der Waals surface area contributed by atoms with E-state index in [0.29, 0.717) is 26.1 Å². The minimum Gasteiger partial charge on any atom is -0.339 e. The summed E-state index contributed by atoms with van der Waals surface area (Å²) in [6.07, 6.45) is 1.11. The van der Waals surface area contributed by atoms with Crippen molar-refractivity contribution in [3.05, 3.63) is 52.2 Å². The quantitative estimate of drug-likeness (QED) is 0.835. The Balaban J connectivity index is 1.42. The molecular formula is C17H18N2O3S2. The first-order valence-electron chi connectivity index (χ1n) is 7.95. The topological polar surface area (TPSA) is 57.7 Å². The number of carbonyl (C=O) groups is 1. The average Bonchev–Trinajstić information content (AvgIpc) is 3.14. The number of para-hydroxylation sites is 1. The molecule has 7 heteroatoms. The van der Waals surface area contributed by atoms with Crippen LogP contribution in [-0.2, 0) is 27.7 Å². The molecule has 0 bridgehead atoms. The number of hydrogen-bond donors (Lipinski definition) is 0. The Morgan fingerprint density at radius 3 is 2.71 bits per heavy atom. The number of fused-ring (bicyclic) bond motifs is 1. The van der Waals surface area contributed by atoms with Crippen molar-refractivity contribution in [2.75, 3.05) is 23.9 Å². The fourth-order valence-corrected chi connectivity index (χ4v) is 5.85. The van der Waals surface area contributed by atoms with Gasteiger partial charge in [-0.2, -0.15) is 0 Å². The number of thiophene rings is 1. The van der Waals surface area contributed by atoms with Gasteiger partial charge in [0.2, 0.25) is 15.9 Å². The highest BCUT2D eigenvalue weighted by Crippen LogP contribution is 2.33. The summed E-state index contributed by atoms with van der Waals surface area (Å²) >= 11 is 1.55. The molecule has 0 unspecified atom stereocenters. The van der Waals surface area contributed by atoms with Crippen LogP contribution in [0.1, 0.15) is 10.4 Å². The Labute approximate surface area is 145 Å². The lowest BCUT2D eigenvalue weighted by Gasteiger charge is -2.40. The van der Waals surface area contributed by atoms with Crippen LogP contribution < -0.4 is 4.31 Å². The van der Waals surface area contributed by atoms with E-state index in [0.717, 1.165) is 22.5 Å². The number of rotatable bonds is 4. The molecule has 3 heterocycles. The summed E-state index contributed by atoms with van der Waals surface area (Å²) < 4.78 is 27.2. The van der Waals surface area contributed by atoms with Gasteiger partial charge in [-0.05, 0) is 29.5 Å². The SMILES string of the molecule is O=C(Cc1cccs1)N1CC(S(=O)(=O)N2CCc3ccccc32)C1. The van der Waals surface area contributed by atoms with Crippen LogP contribution in [-0.4, -0.2) is 44.1 Å². The molecule has 5 nitrogen and oxygen atoms in total. The molecule has 2 aliphatic rings. The Bertz CT molecular complexity index is 856. The number of sulfonamides is 1. The zero-order valence-electron chi connectivity index (χ0n) is 13.1. The number of nitrogens with zero attached hydrogens (tertiary/aromatic N) is 2. The molecule has 1 amide bonds. The maximum atomic E-state index is 12.9. The van der Waals surface area contributed by atoms with E-state index in [1.165, 1.54) is 4.31 Å². The highest BCUT2D eigenvalue weighted by Gasteiger charge is 2.44. The minimum atomic E-state index is -3.40. The van der Waals surface area contributed by atoms with Gasteiger partial charge in [-0.1, -0.05) is 24.3 Å². The van der Waals surface area contributed by atoms with Crippen molar-refractivity contribution in [2.24, 2.45) is 0 Å². The largest absolute Gasteiger partial charge is 0.339 e. The summed E-state index contributed by atoms with van der Waals surface area (Å²) in [6.45, 7) is 1.09. The fourth-order valence-electron chi connectivity index (χ4n) is 3.26. The van der Waals surface area contributed by atoms with Crippen LogP contribution in [0.15, 0.2) is 41.8 Å². The van der Waals surface area contributed by atoms with Gasteiger partial charge >= 0.3 is 0 Å². The first-order valence-corrected chi connectivity index (χ1v) is 10.3. The van der Waals surface area contributed by atoms with Crippen LogP contribution in [0.4, 0.5) is 5.69 Å². The third-order valence-corrected chi connectivity index (χ3v) is 7.69. The third-order valence-electron chi connectivity index (χ3n) is 4.68. The highest BCUT2D eigenvalue weighted by atomic mass is 32.2. The number of amides is 1. The monoisotopic (exact) mass is 362 g/mol. The molecule has 1 saturated heterocycles. The first-order chi connectivity index (χ1) is 11.6. The predicted octanol–water partition coefficient (Wildman–Crippen LogP) is 1.89. The molecule has 2 aromatic rings. The lowest BCUT2D eigenvalue weighted by Crippen LogP contribution is -2.60. The first kappa shape index (κ1) is 15.7. The summed E-state index contributed by atoms with van der Waals surface area (Å²) in [5.41, 5.74) is 1.87. The second-order valence-corrected chi connectivity index (χ2v) is 9.34. The molecule has 2 aliphatic heterocycles. The molecule has 0 N–H and O–H groups in total. The van der Waals surface area contributed by atoms with Crippen molar-refractivity contribution >= 4 is 33.0 Å². The maximum Gasteiger partial charge on any atom is 0.241 e. The summed E-state index contributed by atoms with van der Waals surface area (Å²) in [6, 6.07) is 11.5. The van der Waals surface area contributed by atoms with E-state index >= 15 is 0 Å². The molecule has 0 atom stereocenters. The molecule has 1 fully saturated rings. The van der Waals surface area contributed by atoms with Crippen LogP contribution in [0, 0.1) is 0 Å². The molecule has 0 radical (unpaired) electrons. The van der Waals surface area contributed by atoms with Gasteiger partial charge in [-0.3, -0.25) is 9.10 Å². The molecular weight excluding hydrogens is 344 g/mol. The predicted molar refractivity (Wildman–Crippen MR) is 94.8 cm³/mol. The van der Waals surface area contributed by atoms with E-state index in [-0.39, 0.29) is 5.91 Å². The molecule has 1 aromatic heterocycles. The van der Waals surface area contributed by atoms with E-state index in [2.05, 4.69) is 0 Å². The molecule has 0 aliphatic carbocycles. The molecule has 0 spiro atoms. The molecule has 24 heavy (non-hydrogen) atoms. The normalized spacial score (nSPS) is 17.7. The number of carbonyl (C=O) groups excluding carboxylic acids is 1. The summed E-state index contributed by atoms with van der Waals surface area (Å²) in [5.74, 6) is 0.00530. The van der Waals surface area contributed by atoms with E-state index in [4.69, 9.17) is 0 Å². The highest BCUT2D eigenvalue weighted by molar-refractivity contribution is 7.93. The van der Waals surface area contributed by atoms with Gasteiger partial charge in [0.1, 0.15) is 5.25 Å². The van der Waals surface area contributed by atoms with Crippen molar-refractivity contribution in [1.29, 1.82) is 0 Å². The van der Waals surface area contributed by atoms with Crippen LogP contribution in [0.2, 0.25) is 0 Å². The zero-order chi connectivity index (χ0) is 16.7. The maximum absolute atomic E-state index is 12.9. The Kier molecular flexibility index (Phi) is 3.85. The number of anilines is 1. The van der Waals surface area contributed by atoms with Crippen LogP contribution in [0.5, 0.6) is 0 Å². The lowest BCUT2D eigenvalue weighted by atomic mass is 10.2. The van der Waals surface area contributed by atoms with Crippen molar-refractivity contribution in [1.82, 2.24) is 4.90 Å². The van der Waals surface area contributed by atoms with Crippen LogP contribution in [0.25, 0.3) is 0 Å². The van der Waals surface area contributed by atoms with E-state index in [1.807, 2.05) is 41.8 Å². The summed E-state index contributed by atoms with van der Waals surface area (Å²) in [4.78, 5) is 14.9. The zero-order valence-corrected chi connectivity index (χ0v) is 14.7. The van der Waals surface area contributed by atoms with Crippen LogP contribution in [0.3, 0.4) is 0 Å². The molecule has 4 rings (SSSR count). The van der Waals surface area contributed by atoms with Gasteiger partial charge in [0.15, 0.2) is 0 Å². The molecule has 1 aromatic carbocycles. The van der Waals surface area contributed by atoms with Crippen molar-refractivity contribution in [3.8, 4) is 0 Å². The van der Waals surface area contributed by atoms with Crippen molar-refractivity contribution in [3.63, 3.8) is 0 Å². The fraction of sp³-hybridized carbons (Fsp3) is 0.353. The summed E-state index contributed by atoms with van der Waals surface area (Å²) in [5, 5.41) is 1.45. The second kappa shape index (κ2) is 5.89. The minimum absolute atomic E-state index is 0.00530. The van der Waals surface area contributed by atoms with Crippen molar-refractivity contribution in [2.45, 2.75) is 18.1 Å². The number of hydrogen-bond acceptors (Lipinski definition) is 4. The molecule has 126 valence electrons. The van der Waals surface area contributed by atoms with Gasteiger partial charge in [0, 0.05) is 24.5 Å². The Morgan fingerprint density at radius 2 is 1.96 bits per heavy atom. The molecule has 0 saturated carbocycles. The number of benzene rings is 1. The summed E-state index contributed by atoms with van der Waals surface area (Å²) in [7, 11) is -3.40. The Hall–Kier alpha value is -1.86. The third kappa shape index (κ3) is 2.61. The average molecular weight is 362 g/mol. The van der Waals surface area contributed by atoms with Gasteiger partial charge in [0.25, 0.3) is 0 Å². The van der Waals surface area contributed by atoms with Gasteiger partial charge in [0.05, 0.1) is 12.1 Å². The number of likely N-dealkylation sites (tertiary alicyclic amines) is 1. The lowest BCUT2D eigenvalue weighted by molar-refractivity contribution is -0.133. The Morgan fingerprint density at radius 1 is 1.17 bits per heavy atom. The van der Waals surface area contributed by atoms with E-state index in [9.17, 15) is 13.2 Å². The van der Waals surface area contributed by atoms with Crippen LogP contribution >= 0.6 is 11.3 Å². The second-order valence-electron chi connectivity index (χ2n) is 6.17. The van der Waals surface area contributed by atoms with Gasteiger partial charge in [-0.25, -0.2) is 8.42 Å². The standard InChI is InChI=1S/C17H18N2O3S2/c20-17(10-14-5-3-9-23-14)18-11-15(12-18)24(21,22)19-8-7-13-4-1-2-6-16(13)19/h1-6,9,15H,7-8,10-12H2. The van der Waals surface area contributed by atoms with Crippen molar-refractivity contribution < 1.29 is 13.2 Å². The van der Waals surface area contributed by atoms with E-state index < -0.39 is 15.3 Å². The van der Waals surface area contributed by atoms with Gasteiger partial charge in [-0.15, -0.1) is 11.3 Å². The van der Waals surface area contributed by atoms with E-state index in [1.54, 1.807) is 16.2 Å².